The number of piperidine rings is 1. The van der Waals surface area contributed by atoms with Crippen molar-refractivity contribution in [1.82, 2.24) is 9.88 Å². The molecule has 1 aromatic heterocycles. The Morgan fingerprint density at radius 1 is 1.10 bits per heavy atom. The van der Waals surface area contributed by atoms with Gasteiger partial charge in [0.2, 0.25) is 5.91 Å². The van der Waals surface area contributed by atoms with E-state index in [1.54, 1.807) is 19.1 Å². The summed E-state index contributed by atoms with van der Waals surface area (Å²) in [7, 11) is 5.54. The lowest BCUT2D eigenvalue weighted by molar-refractivity contribution is -0.159. The average molecular weight is 580 g/mol. The van der Waals surface area contributed by atoms with Gasteiger partial charge in [-0.3, -0.25) is 14.5 Å². The maximum absolute atomic E-state index is 14.2. The normalized spacial score (nSPS) is 17.3. The zero-order valence-electron chi connectivity index (χ0n) is 25.0. The van der Waals surface area contributed by atoms with Gasteiger partial charge in [-0.2, -0.15) is 0 Å². The molecule has 41 heavy (non-hydrogen) atoms. The van der Waals surface area contributed by atoms with E-state index in [1.807, 2.05) is 57.2 Å². The van der Waals surface area contributed by atoms with Gasteiger partial charge in [-0.1, -0.05) is 35.6 Å². The molecule has 3 aromatic rings. The zero-order chi connectivity index (χ0) is 29.4. The second kappa shape index (κ2) is 11.6. The smallest absolute Gasteiger partial charge is 0.307 e. The summed E-state index contributed by atoms with van der Waals surface area (Å²) in [4.78, 5) is 36.1. The number of methoxy groups -OCH3 is 1. The number of amides is 1. The molecule has 1 amide bonds. The van der Waals surface area contributed by atoms with Crippen molar-refractivity contribution in [2.24, 2.45) is 11.3 Å². The minimum atomic E-state index is -0.932. The van der Waals surface area contributed by atoms with Crippen LogP contribution >= 0.6 is 11.3 Å². The summed E-state index contributed by atoms with van der Waals surface area (Å²) in [5, 5.41) is 0.569. The molecule has 2 aromatic carbocycles. The molecule has 1 saturated heterocycles. The fourth-order valence-electron chi connectivity index (χ4n) is 5.92. The fraction of sp³-hybridized carbons (Fsp3) is 0.531. The van der Waals surface area contributed by atoms with Gasteiger partial charge in [-0.05, 0) is 83.6 Å². The summed E-state index contributed by atoms with van der Waals surface area (Å²) in [6, 6.07) is 11.9. The second-order valence-electron chi connectivity index (χ2n) is 12.6. The number of anilines is 1. The summed E-state index contributed by atoms with van der Waals surface area (Å²) in [6.07, 6.45) is 3.21. The lowest BCUT2D eigenvalue weighted by atomic mass is 9.80. The van der Waals surface area contributed by atoms with E-state index in [9.17, 15) is 9.59 Å². The second-order valence-corrected chi connectivity index (χ2v) is 13.6. The van der Waals surface area contributed by atoms with Gasteiger partial charge in [0.05, 0.1) is 35.8 Å². The SMILES string of the molecule is COc1cc2sc(N(C)C(=O)C3(CC(=O)OC(C)(C)C)Cc4ccccc4C3)nc2cc1OCC1CCN(C)CC1. The molecule has 1 fully saturated rings. The number of benzene rings is 2. The van der Waals surface area contributed by atoms with Crippen LogP contribution in [0.4, 0.5) is 5.13 Å². The van der Waals surface area contributed by atoms with Gasteiger partial charge in [0.1, 0.15) is 5.60 Å². The van der Waals surface area contributed by atoms with Crippen LogP contribution in [-0.2, 0) is 27.2 Å². The highest BCUT2D eigenvalue weighted by molar-refractivity contribution is 7.22. The molecule has 1 aliphatic heterocycles. The van der Waals surface area contributed by atoms with E-state index in [1.165, 1.54) is 11.3 Å². The molecule has 0 atom stereocenters. The summed E-state index contributed by atoms with van der Waals surface area (Å²) in [5.74, 6) is 1.33. The Balaban J connectivity index is 1.38. The Hall–Kier alpha value is -3.17. The third-order valence-electron chi connectivity index (χ3n) is 8.10. The Morgan fingerprint density at radius 3 is 2.37 bits per heavy atom. The predicted octanol–water partition coefficient (Wildman–Crippen LogP) is 5.51. The number of esters is 1. The van der Waals surface area contributed by atoms with Gasteiger partial charge in [0, 0.05) is 19.2 Å². The number of ether oxygens (including phenoxy) is 3. The molecule has 0 radical (unpaired) electrons. The highest BCUT2D eigenvalue weighted by Crippen LogP contribution is 2.44. The van der Waals surface area contributed by atoms with Gasteiger partial charge in [0.25, 0.3) is 0 Å². The largest absolute Gasteiger partial charge is 0.493 e. The average Bonchev–Trinajstić information content (AvgIpc) is 3.51. The van der Waals surface area contributed by atoms with Crippen molar-refractivity contribution in [2.75, 3.05) is 45.8 Å². The van der Waals surface area contributed by atoms with E-state index >= 15 is 0 Å². The lowest BCUT2D eigenvalue weighted by Gasteiger charge is -2.31. The fourth-order valence-corrected chi connectivity index (χ4v) is 6.85. The Morgan fingerprint density at radius 2 is 1.76 bits per heavy atom. The van der Waals surface area contributed by atoms with E-state index in [2.05, 4.69) is 11.9 Å². The van der Waals surface area contributed by atoms with E-state index in [-0.39, 0.29) is 18.3 Å². The quantitative estimate of drug-likeness (QED) is 0.326. The number of rotatable bonds is 8. The first kappa shape index (κ1) is 29.3. The topological polar surface area (TPSA) is 81.2 Å². The minimum absolute atomic E-state index is 0.00971. The number of carbonyl (C=O) groups excluding carboxylic acids is 2. The molecule has 0 spiro atoms. The Kier molecular flexibility index (Phi) is 8.30. The monoisotopic (exact) mass is 579 g/mol. The lowest BCUT2D eigenvalue weighted by Crippen LogP contribution is -2.45. The Labute approximate surface area is 246 Å². The summed E-state index contributed by atoms with van der Waals surface area (Å²) in [5.41, 5.74) is 1.38. The van der Waals surface area contributed by atoms with Crippen LogP contribution < -0.4 is 14.4 Å². The van der Waals surface area contributed by atoms with Gasteiger partial charge in [-0.15, -0.1) is 0 Å². The van der Waals surface area contributed by atoms with E-state index < -0.39 is 11.0 Å². The van der Waals surface area contributed by atoms with E-state index in [0.717, 1.165) is 47.3 Å². The molecule has 1 aliphatic carbocycles. The number of fused-ring (bicyclic) bond motifs is 2. The summed E-state index contributed by atoms with van der Waals surface area (Å²) >= 11 is 1.43. The number of hydrogen-bond donors (Lipinski definition) is 0. The minimum Gasteiger partial charge on any atom is -0.493 e. The Bertz CT molecular complexity index is 1400. The zero-order valence-corrected chi connectivity index (χ0v) is 25.8. The number of thiazole rings is 1. The molecule has 0 unspecified atom stereocenters. The predicted molar refractivity (Wildman–Crippen MR) is 162 cm³/mol. The molecule has 8 nitrogen and oxygen atoms in total. The number of nitrogens with zero attached hydrogens (tertiary/aromatic N) is 3. The summed E-state index contributed by atoms with van der Waals surface area (Å²) < 4.78 is 18.5. The summed E-state index contributed by atoms with van der Waals surface area (Å²) in [6.45, 7) is 8.34. The van der Waals surface area contributed by atoms with Crippen molar-refractivity contribution in [2.45, 2.75) is 58.5 Å². The van der Waals surface area contributed by atoms with Gasteiger partial charge in [0.15, 0.2) is 16.6 Å². The molecule has 0 saturated carbocycles. The molecule has 9 heteroatoms. The number of aromatic nitrogens is 1. The molecule has 2 aliphatic rings. The van der Waals surface area contributed by atoms with Crippen LogP contribution in [0.25, 0.3) is 10.2 Å². The van der Waals surface area contributed by atoms with Crippen LogP contribution in [0.3, 0.4) is 0 Å². The van der Waals surface area contributed by atoms with E-state index in [4.69, 9.17) is 19.2 Å². The van der Waals surface area contributed by atoms with Crippen molar-refractivity contribution in [3.05, 3.63) is 47.5 Å². The number of carbonyl (C=O) groups is 2. The van der Waals surface area contributed by atoms with Gasteiger partial charge < -0.3 is 19.1 Å². The van der Waals surface area contributed by atoms with Crippen molar-refractivity contribution >= 4 is 38.6 Å². The molecule has 0 bridgehead atoms. The van der Waals surface area contributed by atoms with Crippen LogP contribution in [0.2, 0.25) is 0 Å². The molecule has 0 N–H and O–H groups in total. The van der Waals surface area contributed by atoms with Crippen molar-refractivity contribution in [3.8, 4) is 11.5 Å². The molecular weight excluding hydrogens is 538 g/mol. The first-order valence-electron chi connectivity index (χ1n) is 14.3. The van der Waals surface area contributed by atoms with Crippen LogP contribution in [-0.4, -0.2) is 68.3 Å². The van der Waals surface area contributed by atoms with Crippen molar-refractivity contribution in [3.63, 3.8) is 0 Å². The third-order valence-corrected chi connectivity index (χ3v) is 9.19. The maximum Gasteiger partial charge on any atom is 0.307 e. The van der Waals surface area contributed by atoms with E-state index in [0.29, 0.717) is 42.0 Å². The standard InChI is InChI=1S/C32H41N3O5S/c1-31(2,3)40-28(36)19-32(17-22-9-7-8-10-23(22)18-32)29(37)35(5)30-33-24-15-26(25(38-6)16-27(24)41-30)39-20-21-11-13-34(4)14-12-21/h7-10,15-16,21H,11-14,17-20H2,1-6H3. The van der Waals surface area contributed by atoms with Crippen LogP contribution in [0.1, 0.15) is 51.2 Å². The van der Waals surface area contributed by atoms with Gasteiger partial charge in [-0.25, -0.2) is 4.98 Å². The first-order valence-corrected chi connectivity index (χ1v) is 15.1. The number of likely N-dealkylation sites (tertiary alicyclic amines) is 1. The van der Waals surface area contributed by atoms with Crippen molar-refractivity contribution < 1.29 is 23.8 Å². The van der Waals surface area contributed by atoms with Crippen LogP contribution in [0.15, 0.2) is 36.4 Å². The third kappa shape index (κ3) is 6.51. The molecule has 5 rings (SSSR count). The molecule has 220 valence electrons. The maximum atomic E-state index is 14.2. The van der Waals surface area contributed by atoms with Crippen LogP contribution in [0.5, 0.6) is 11.5 Å². The number of hydrogen-bond acceptors (Lipinski definition) is 8. The van der Waals surface area contributed by atoms with Crippen LogP contribution in [0, 0.1) is 11.3 Å². The highest BCUT2D eigenvalue weighted by Gasteiger charge is 2.48. The molecular formula is C32H41N3O5S. The first-order chi connectivity index (χ1) is 19.5. The highest BCUT2D eigenvalue weighted by atomic mass is 32.1. The van der Waals surface area contributed by atoms with Crippen molar-refractivity contribution in [1.29, 1.82) is 0 Å². The van der Waals surface area contributed by atoms with Gasteiger partial charge >= 0.3 is 5.97 Å². The molecule has 2 heterocycles.